The van der Waals surface area contributed by atoms with Crippen LogP contribution in [0.2, 0.25) is 0 Å². The summed E-state index contributed by atoms with van der Waals surface area (Å²) in [6.07, 6.45) is 8.55. The number of anilines is 1. The number of unbranched alkanes of at least 4 members (excludes halogenated alkanes) is 1. The largest absolute Gasteiger partial charge is 0.480 e. The average Bonchev–Trinajstić information content (AvgIpc) is 3.45. The van der Waals surface area contributed by atoms with Crippen molar-refractivity contribution in [3.8, 4) is 0 Å². The molecule has 0 unspecified atom stereocenters. The third-order valence-corrected chi connectivity index (χ3v) is 5.19. The highest BCUT2D eigenvalue weighted by Gasteiger charge is 2.29. The number of hydrogen-bond donors (Lipinski definition) is 3. The van der Waals surface area contributed by atoms with Crippen molar-refractivity contribution < 1.29 is 9.90 Å². The van der Waals surface area contributed by atoms with Crippen molar-refractivity contribution in [3.63, 3.8) is 0 Å². The van der Waals surface area contributed by atoms with Gasteiger partial charge in [-0.3, -0.25) is 4.79 Å². The van der Waals surface area contributed by atoms with Crippen LogP contribution in [0, 0.1) is 0 Å². The van der Waals surface area contributed by atoms with E-state index in [0.29, 0.717) is 12.5 Å². The van der Waals surface area contributed by atoms with Gasteiger partial charge in [0.1, 0.15) is 11.9 Å². The first-order valence-electron chi connectivity index (χ1n) is 9.58. The maximum absolute atomic E-state index is 10.9. The lowest BCUT2D eigenvalue weighted by atomic mass is 10.1. The first-order chi connectivity index (χ1) is 12.1. The van der Waals surface area contributed by atoms with Crippen LogP contribution in [-0.4, -0.2) is 52.7 Å². The lowest BCUT2D eigenvalue weighted by molar-refractivity contribution is -0.138. The third-order valence-electron chi connectivity index (χ3n) is 5.19. The Balaban J connectivity index is 0.00000243. The van der Waals surface area contributed by atoms with Gasteiger partial charge in [0, 0.05) is 24.8 Å². The Morgan fingerprint density at radius 2 is 2.15 bits per heavy atom. The van der Waals surface area contributed by atoms with Gasteiger partial charge in [-0.25, -0.2) is 4.98 Å². The van der Waals surface area contributed by atoms with E-state index in [1.165, 1.54) is 30.5 Å². The average molecular weight is 383 g/mol. The van der Waals surface area contributed by atoms with Crippen LogP contribution in [-0.2, 0) is 17.6 Å². The minimum Gasteiger partial charge on any atom is -0.480 e. The molecule has 0 bridgehead atoms. The van der Waals surface area contributed by atoms with Crippen LogP contribution in [0.25, 0.3) is 0 Å². The minimum absolute atomic E-state index is 0. The second-order valence-electron chi connectivity index (χ2n) is 7.30. The number of nitrogens with two attached hydrogens (primary N) is 1. The van der Waals surface area contributed by atoms with E-state index in [-0.39, 0.29) is 12.4 Å². The van der Waals surface area contributed by atoms with E-state index in [2.05, 4.69) is 22.3 Å². The number of nitrogens with zero attached hydrogens (tertiary/aromatic N) is 2. The molecule has 1 saturated carbocycles. The zero-order chi connectivity index (χ0) is 17.6. The van der Waals surface area contributed by atoms with Crippen LogP contribution in [0.15, 0.2) is 12.1 Å². The first-order valence-corrected chi connectivity index (χ1v) is 9.58. The zero-order valence-electron chi connectivity index (χ0n) is 15.3. The van der Waals surface area contributed by atoms with Gasteiger partial charge in [-0.05, 0) is 69.5 Å². The summed E-state index contributed by atoms with van der Waals surface area (Å²) in [7, 11) is 0. The molecule has 6 nitrogen and oxygen atoms in total. The van der Waals surface area contributed by atoms with Crippen LogP contribution in [0.5, 0.6) is 0 Å². The zero-order valence-corrected chi connectivity index (χ0v) is 16.1. The predicted octanol–water partition coefficient (Wildman–Crippen LogP) is 2.45. The molecule has 0 spiro atoms. The quantitative estimate of drug-likeness (QED) is 0.538. The molecule has 2 heterocycles. The maximum atomic E-state index is 10.9. The lowest BCUT2D eigenvalue weighted by Gasteiger charge is -2.23. The molecule has 3 rings (SSSR count). The third kappa shape index (κ3) is 6.11. The van der Waals surface area contributed by atoms with Gasteiger partial charge in [0.15, 0.2) is 0 Å². The molecule has 0 aromatic carbocycles. The summed E-state index contributed by atoms with van der Waals surface area (Å²) < 4.78 is 0. The van der Waals surface area contributed by atoms with Crippen LogP contribution in [0.4, 0.5) is 5.82 Å². The molecule has 4 N–H and O–H groups in total. The standard InChI is InChI=1S/C19H30N4O2.ClH/c20-17(19(24)25)10-13-23(16-8-9-16)12-2-1-5-15-7-6-14-4-3-11-21-18(14)22-15;/h6-7,16-17H,1-5,8-13,20H2,(H,21,22)(H,24,25);1H/t17-;/m0./s1. The van der Waals surface area contributed by atoms with Gasteiger partial charge in [0.25, 0.3) is 0 Å². The lowest BCUT2D eigenvalue weighted by Crippen LogP contribution is -2.36. The molecule has 0 saturated heterocycles. The SMILES string of the molecule is Cl.N[C@@H](CCN(CCCCc1ccc2c(n1)NCCC2)C1CC1)C(=O)O. The van der Waals surface area contributed by atoms with Gasteiger partial charge in [-0.1, -0.05) is 6.07 Å². The monoisotopic (exact) mass is 382 g/mol. The number of carbonyl (C=O) groups is 1. The summed E-state index contributed by atoms with van der Waals surface area (Å²) in [5, 5.41) is 12.3. The van der Waals surface area contributed by atoms with E-state index in [1.807, 2.05) is 0 Å². The summed E-state index contributed by atoms with van der Waals surface area (Å²) in [6, 6.07) is 4.28. The highest BCUT2D eigenvalue weighted by Crippen LogP contribution is 2.27. The summed E-state index contributed by atoms with van der Waals surface area (Å²) in [5.41, 5.74) is 8.13. The Kier molecular flexibility index (Phi) is 8.13. The topological polar surface area (TPSA) is 91.5 Å². The fraction of sp³-hybridized carbons (Fsp3) is 0.684. The van der Waals surface area contributed by atoms with Crippen molar-refractivity contribution in [1.29, 1.82) is 0 Å². The predicted molar refractivity (Wildman–Crippen MR) is 106 cm³/mol. The number of carboxylic acid groups (broad SMARTS) is 1. The van der Waals surface area contributed by atoms with Crippen LogP contribution in [0.1, 0.15) is 49.8 Å². The number of halogens is 1. The van der Waals surface area contributed by atoms with Gasteiger partial charge in [0.05, 0.1) is 0 Å². The van der Waals surface area contributed by atoms with E-state index in [4.69, 9.17) is 15.8 Å². The molecule has 7 heteroatoms. The van der Waals surface area contributed by atoms with Crippen LogP contribution in [0.3, 0.4) is 0 Å². The molecule has 0 radical (unpaired) electrons. The van der Waals surface area contributed by atoms with Gasteiger partial charge < -0.3 is 21.1 Å². The molecule has 146 valence electrons. The number of rotatable bonds is 10. The molecule has 2 aliphatic rings. The number of aliphatic carboxylic acids is 1. The smallest absolute Gasteiger partial charge is 0.320 e. The fourth-order valence-corrected chi connectivity index (χ4v) is 3.47. The summed E-state index contributed by atoms with van der Waals surface area (Å²) in [6.45, 7) is 2.84. The molecular formula is C19H31ClN4O2. The van der Waals surface area contributed by atoms with E-state index in [0.717, 1.165) is 51.1 Å². The molecule has 1 fully saturated rings. The van der Waals surface area contributed by atoms with Gasteiger partial charge in [-0.15, -0.1) is 12.4 Å². The highest BCUT2D eigenvalue weighted by atomic mass is 35.5. The molecular weight excluding hydrogens is 352 g/mol. The summed E-state index contributed by atoms with van der Waals surface area (Å²) in [5.74, 6) is 0.175. The molecule has 26 heavy (non-hydrogen) atoms. The number of nitrogens with one attached hydrogen (secondary N) is 1. The summed E-state index contributed by atoms with van der Waals surface area (Å²) >= 11 is 0. The Labute approximate surface area is 162 Å². The number of carboxylic acids is 1. The van der Waals surface area contributed by atoms with E-state index >= 15 is 0 Å². The Bertz CT molecular complexity index is 595. The van der Waals surface area contributed by atoms with Crippen molar-refractivity contribution in [2.24, 2.45) is 5.73 Å². The van der Waals surface area contributed by atoms with Crippen LogP contribution >= 0.6 is 12.4 Å². The molecule has 1 aromatic rings. The number of aryl methyl sites for hydroxylation is 2. The molecule has 1 aliphatic heterocycles. The molecule has 0 amide bonds. The normalized spacial score (nSPS) is 17.2. The van der Waals surface area contributed by atoms with Crippen molar-refractivity contribution in [2.75, 3.05) is 25.0 Å². The fourth-order valence-electron chi connectivity index (χ4n) is 3.47. The molecule has 1 aromatic heterocycles. The number of fused-ring (bicyclic) bond motifs is 1. The van der Waals surface area contributed by atoms with Crippen molar-refractivity contribution in [3.05, 3.63) is 23.4 Å². The van der Waals surface area contributed by atoms with Crippen molar-refractivity contribution in [1.82, 2.24) is 9.88 Å². The second-order valence-corrected chi connectivity index (χ2v) is 7.30. The second kappa shape index (κ2) is 10.1. The Morgan fingerprint density at radius 3 is 2.88 bits per heavy atom. The first kappa shape index (κ1) is 20.9. The van der Waals surface area contributed by atoms with Gasteiger partial charge in [-0.2, -0.15) is 0 Å². The van der Waals surface area contributed by atoms with Crippen LogP contribution < -0.4 is 11.1 Å². The number of pyridine rings is 1. The van der Waals surface area contributed by atoms with Crippen molar-refractivity contribution >= 4 is 24.2 Å². The molecule has 1 atom stereocenters. The van der Waals surface area contributed by atoms with Crippen molar-refractivity contribution in [2.45, 2.75) is 63.5 Å². The highest BCUT2D eigenvalue weighted by molar-refractivity contribution is 5.85. The van der Waals surface area contributed by atoms with Gasteiger partial charge in [0.2, 0.25) is 0 Å². The van der Waals surface area contributed by atoms with E-state index < -0.39 is 12.0 Å². The molecule has 1 aliphatic carbocycles. The minimum atomic E-state index is -0.900. The Morgan fingerprint density at radius 1 is 1.35 bits per heavy atom. The van der Waals surface area contributed by atoms with Gasteiger partial charge >= 0.3 is 5.97 Å². The number of aromatic nitrogens is 1. The maximum Gasteiger partial charge on any atom is 0.320 e. The summed E-state index contributed by atoms with van der Waals surface area (Å²) in [4.78, 5) is 18.0. The number of hydrogen-bond acceptors (Lipinski definition) is 5. The van der Waals surface area contributed by atoms with E-state index in [1.54, 1.807) is 0 Å². The Hall–Kier alpha value is -1.37. The van der Waals surface area contributed by atoms with E-state index in [9.17, 15) is 4.79 Å².